The molecule has 0 radical (unpaired) electrons. The van der Waals surface area contributed by atoms with Crippen LogP contribution in [0.5, 0.6) is 0 Å². The molecule has 1 heterocycles. The summed E-state index contributed by atoms with van der Waals surface area (Å²) < 4.78 is 15.0. The van der Waals surface area contributed by atoms with Crippen molar-refractivity contribution in [2.45, 2.75) is 19.9 Å². The summed E-state index contributed by atoms with van der Waals surface area (Å²) in [6.45, 7) is 4.04. The Labute approximate surface area is 76.0 Å². The normalized spacial score (nSPS) is 11.4. The van der Waals surface area contributed by atoms with Gasteiger partial charge in [0.1, 0.15) is 5.52 Å². The molecule has 0 bridgehead atoms. The first-order valence-corrected chi connectivity index (χ1v) is 4.32. The molecule has 0 unspecified atom stereocenters. The van der Waals surface area contributed by atoms with Crippen LogP contribution in [-0.4, -0.2) is 9.78 Å². The van der Waals surface area contributed by atoms with Gasteiger partial charge in [0.2, 0.25) is 0 Å². The van der Waals surface area contributed by atoms with E-state index in [-0.39, 0.29) is 11.9 Å². The molecule has 0 saturated carbocycles. The third kappa shape index (κ3) is 1.30. The van der Waals surface area contributed by atoms with E-state index in [2.05, 4.69) is 5.10 Å². The van der Waals surface area contributed by atoms with Gasteiger partial charge in [-0.3, -0.25) is 4.68 Å². The van der Waals surface area contributed by atoms with Crippen LogP contribution in [0, 0.1) is 5.82 Å². The molecule has 0 spiro atoms. The summed E-state index contributed by atoms with van der Waals surface area (Å²) in [5, 5.41) is 5.01. The maximum Gasteiger partial charge on any atom is 0.151 e. The van der Waals surface area contributed by atoms with E-state index in [0.29, 0.717) is 5.52 Å². The van der Waals surface area contributed by atoms with Crippen LogP contribution in [-0.2, 0) is 0 Å². The number of rotatable bonds is 1. The Morgan fingerprint density at radius 3 is 2.77 bits per heavy atom. The second-order valence-electron chi connectivity index (χ2n) is 3.38. The number of halogens is 1. The molecule has 0 fully saturated rings. The van der Waals surface area contributed by atoms with Gasteiger partial charge in [-0.1, -0.05) is 12.1 Å². The zero-order chi connectivity index (χ0) is 9.42. The minimum absolute atomic E-state index is 0.253. The second kappa shape index (κ2) is 2.83. The third-order valence-electron chi connectivity index (χ3n) is 2.03. The molecule has 0 atom stereocenters. The quantitative estimate of drug-likeness (QED) is 0.656. The topological polar surface area (TPSA) is 17.8 Å². The van der Waals surface area contributed by atoms with Gasteiger partial charge in [-0.25, -0.2) is 4.39 Å². The van der Waals surface area contributed by atoms with Gasteiger partial charge in [0.05, 0.1) is 0 Å². The fourth-order valence-corrected chi connectivity index (χ4v) is 1.29. The van der Waals surface area contributed by atoms with E-state index in [1.807, 2.05) is 26.1 Å². The Morgan fingerprint density at radius 2 is 2.15 bits per heavy atom. The number of nitrogens with zero attached hydrogens (tertiary/aromatic N) is 2. The largest absolute Gasteiger partial charge is 0.269 e. The van der Waals surface area contributed by atoms with Gasteiger partial charge in [-0.2, -0.15) is 5.10 Å². The van der Waals surface area contributed by atoms with Gasteiger partial charge < -0.3 is 0 Å². The Morgan fingerprint density at radius 1 is 1.38 bits per heavy atom. The van der Waals surface area contributed by atoms with Crippen molar-refractivity contribution in [3.05, 3.63) is 30.2 Å². The monoisotopic (exact) mass is 178 g/mol. The maximum absolute atomic E-state index is 13.2. The van der Waals surface area contributed by atoms with Crippen molar-refractivity contribution >= 4 is 10.9 Å². The zero-order valence-corrected chi connectivity index (χ0v) is 7.66. The van der Waals surface area contributed by atoms with Gasteiger partial charge >= 0.3 is 0 Å². The van der Waals surface area contributed by atoms with Gasteiger partial charge in [-0.15, -0.1) is 0 Å². The van der Waals surface area contributed by atoms with Crippen molar-refractivity contribution in [1.29, 1.82) is 0 Å². The molecule has 0 aliphatic rings. The lowest BCUT2D eigenvalue weighted by Gasteiger charge is -2.02. The Hall–Kier alpha value is -1.38. The molecule has 0 aliphatic carbocycles. The van der Waals surface area contributed by atoms with Crippen molar-refractivity contribution < 1.29 is 4.39 Å². The van der Waals surface area contributed by atoms with Gasteiger partial charge in [0.25, 0.3) is 0 Å². The lowest BCUT2D eigenvalue weighted by Crippen LogP contribution is -2.00. The molecule has 2 nitrogen and oxygen atoms in total. The van der Waals surface area contributed by atoms with Crippen LogP contribution in [0.15, 0.2) is 24.4 Å². The van der Waals surface area contributed by atoms with Crippen LogP contribution in [0.1, 0.15) is 19.9 Å². The zero-order valence-electron chi connectivity index (χ0n) is 7.66. The molecule has 0 saturated heterocycles. The molecule has 3 heteroatoms. The van der Waals surface area contributed by atoms with Crippen LogP contribution in [0.25, 0.3) is 10.9 Å². The van der Waals surface area contributed by atoms with Gasteiger partial charge in [0, 0.05) is 17.6 Å². The molecule has 1 aromatic carbocycles. The van der Waals surface area contributed by atoms with Gasteiger partial charge in [0.15, 0.2) is 5.82 Å². The van der Waals surface area contributed by atoms with Crippen molar-refractivity contribution in [2.24, 2.45) is 0 Å². The summed E-state index contributed by atoms with van der Waals surface area (Å²) in [5.74, 6) is -0.253. The average Bonchev–Trinajstić information content (AvgIpc) is 2.49. The van der Waals surface area contributed by atoms with E-state index in [1.165, 1.54) is 6.07 Å². The first-order chi connectivity index (χ1) is 6.18. The van der Waals surface area contributed by atoms with Crippen LogP contribution in [0.3, 0.4) is 0 Å². The first-order valence-electron chi connectivity index (χ1n) is 4.32. The summed E-state index contributed by atoms with van der Waals surface area (Å²) in [7, 11) is 0. The predicted molar refractivity (Wildman–Crippen MR) is 50.1 cm³/mol. The Balaban J connectivity index is 2.68. The smallest absolute Gasteiger partial charge is 0.151 e. The Bertz CT molecular complexity index is 431. The van der Waals surface area contributed by atoms with Crippen molar-refractivity contribution in [1.82, 2.24) is 9.78 Å². The molecular formula is C10H11FN2. The summed E-state index contributed by atoms with van der Waals surface area (Å²) in [4.78, 5) is 0. The molecule has 2 aromatic rings. The highest BCUT2D eigenvalue weighted by atomic mass is 19.1. The fourth-order valence-electron chi connectivity index (χ4n) is 1.29. The molecule has 0 amide bonds. The van der Waals surface area contributed by atoms with Crippen LogP contribution < -0.4 is 0 Å². The summed E-state index contributed by atoms with van der Waals surface area (Å²) >= 11 is 0. The number of benzene rings is 1. The van der Waals surface area contributed by atoms with Crippen LogP contribution >= 0.6 is 0 Å². The van der Waals surface area contributed by atoms with Gasteiger partial charge in [-0.05, 0) is 19.9 Å². The highest BCUT2D eigenvalue weighted by molar-refractivity contribution is 5.78. The number of aromatic nitrogens is 2. The summed E-state index contributed by atoms with van der Waals surface area (Å²) in [6.07, 6.45) is 1.86. The van der Waals surface area contributed by atoms with E-state index >= 15 is 0 Å². The van der Waals surface area contributed by atoms with Crippen molar-refractivity contribution in [3.63, 3.8) is 0 Å². The number of hydrogen-bond donors (Lipinski definition) is 0. The third-order valence-corrected chi connectivity index (χ3v) is 2.03. The molecule has 0 N–H and O–H groups in total. The molecule has 1 aromatic heterocycles. The summed E-state index contributed by atoms with van der Waals surface area (Å²) in [5.41, 5.74) is 0.455. The molecule has 68 valence electrons. The molecule has 2 rings (SSSR count). The average molecular weight is 178 g/mol. The SMILES string of the molecule is CC(C)n1cc2cccc(F)c2n1. The summed E-state index contributed by atoms with van der Waals surface area (Å²) in [6, 6.07) is 5.26. The first kappa shape index (κ1) is 8.23. The highest BCUT2D eigenvalue weighted by Gasteiger charge is 2.06. The lowest BCUT2D eigenvalue weighted by atomic mass is 10.2. The standard InChI is InChI=1S/C10H11FN2/c1-7(2)13-6-8-4-3-5-9(11)10(8)12-13/h3-7H,1-2H3. The molecule has 0 aliphatic heterocycles. The Kier molecular flexibility index (Phi) is 1.79. The predicted octanol–water partition coefficient (Wildman–Crippen LogP) is 2.76. The van der Waals surface area contributed by atoms with E-state index in [1.54, 1.807) is 10.7 Å². The van der Waals surface area contributed by atoms with E-state index in [4.69, 9.17) is 0 Å². The second-order valence-corrected chi connectivity index (χ2v) is 3.38. The minimum atomic E-state index is -0.253. The number of hydrogen-bond acceptors (Lipinski definition) is 1. The van der Waals surface area contributed by atoms with E-state index in [9.17, 15) is 4.39 Å². The maximum atomic E-state index is 13.2. The number of fused-ring (bicyclic) bond motifs is 1. The highest BCUT2D eigenvalue weighted by Crippen LogP contribution is 2.17. The molecule has 13 heavy (non-hydrogen) atoms. The van der Waals surface area contributed by atoms with E-state index < -0.39 is 0 Å². The lowest BCUT2D eigenvalue weighted by molar-refractivity contribution is 0.533. The van der Waals surface area contributed by atoms with Crippen LogP contribution in [0.4, 0.5) is 4.39 Å². The van der Waals surface area contributed by atoms with Crippen LogP contribution in [0.2, 0.25) is 0 Å². The van der Waals surface area contributed by atoms with Crippen molar-refractivity contribution in [2.75, 3.05) is 0 Å². The molecular weight excluding hydrogens is 167 g/mol. The van der Waals surface area contributed by atoms with Crippen molar-refractivity contribution in [3.8, 4) is 0 Å². The minimum Gasteiger partial charge on any atom is -0.269 e. The fraction of sp³-hybridized carbons (Fsp3) is 0.300. The van der Waals surface area contributed by atoms with E-state index in [0.717, 1.165) is 5.39 Å².